The van der Waals surface area contributed by atoms with E-state index < -0.39 is 5.82 Å². The van der Waals surface area contributed by atoms with Crippen molar-refractivity contribution in [2.75, 3.05) is 23.0 Å². The Morgan fingerprint density at radius 3 is 2.78 bits per heavy atom. The number of rotatable bonds is 7. The van der Waals surface area contributed by atoms with Gasteiger partial charge in [-0.15, -0.1) is 0 Å². The van der Waals surface area contributed by atoms with Gasteiger partial charge in [0.15, 0.2) is 0 Å². The molecule has 0 saturated heterocycles. The summed E-state index contributed by atoms with van der Waals surface area (Å²) in [5.74, 6) is 0.604. The number of anilines is 4. The van der Waals surface area contributed by atoms with E-state index in [2.05, 4.69) is 36.5 Å². The molecule has 0 aliphatic heterocycles. The fourth-order valence-electron chi connectivity index (χ4n) is 2.94. The number of nitrogen functional groups attached to an aromatic ring is 1. The molecule has 0 saturated carbocycles. The number of halogens is 3. The van der Waals surface area contributed by atoms with Crippen LogP contribution in [-0.4, -0.2) is 29.6 Å². The number of benzene rings is 3. The van der Waals surface area contributed by atoms with Crippen molar-refractivity contribution in [3.8, 4) is 5.75 Å². The van der Waals surface area contributed by atoms with Crippen molar-refractivity contribution >= 4 is 74.4 Å². The Hall–Kier alpha value is -3.17. The Kier molecular flexibility index (Phi) is 6.57. The molecule has 32 heavy (non-hydrogen) atoms. The molecule has 4 rings (SSSR count). The van der Waals surface area contributed by atoms with Crippen molar-refractivity contribution in [3.63, 3.8) is 0 Å². The average Bonchev–Trinajstić information content (AvgIpc) is 2.77. The van der Waals surface area contributed by atoms with Gasteiger partial charge >= 0.3 is 194 Å². The summed E-state index contributed by atoms with van der Waals surface area (Å²) in [6, 6.07) is 15.2. The van der Waals surface area contributed by atoms with Crippen LogP contribution in [0.3, 0.4) is 0 Å². The molecule has 1 aromatic heterocycles. The van der Waals surface area contributed by atoms with Crippen LogP contribution in [0.4, 0.5) is 27.3 Å². The molecule has 4 N–H and O–H groups in total. The summed E-state index contributed by atoms with van der Waals surface area (Å²) in [4.78, 5) is 8.56. The van der Waals surface area contributed by atoms with Gasteiger partial charge in [0.1, 0.15) is 0 Å². The number of nitrogens with one attached hydrogen (secondary N) is 2. The fourth-order valence-corrected chi connectivity index (χ4v) is 3.48. The van der Waals surface area contributed by atoms with E-state index >= 15 is 0 Å². The molecule has 0 unspecified atom stereocenters. The van der Waals surface area contributed by atoms with Gasteiger partial charge in [-0.2, -0.15) is 0 Å². The van der Waals surface area contributed by atoms with Gasteiger partial charge in [0.25, 0.3) is 0 Å². The SMILES string of the molecule is [B]=C(COc1ccc2ncnc(Nc3ccc(F)c(Cl)c3)c2c1)Nc1cc(Br)ccc1N. The molecule has 0 spiro atoms. The van der Waals surface area contributed by atoms with Gasteiger partial charge < -0.3 is 0 Å². The number of hydrogen-bond acceptors (Lipinski definition) is 6. The van der Waals surface area contributed by atoms with Crippen LogP contribution in [-0.2, 0) is 0 Å². The van der Waals surface area contributed by atoms with Crippen LogP contribution < -0.4 is 21.1 Å². The van der Waals surface area contributed by atoms with E-state index in [1.165, 1.54) is 18.5 Å². The van der Waals surface area contributed by atoms with Crippen LogP contribution >= 0.6 is 27.5 Å². The molecule has 0 bridgehead atoms. The zero-order chi connectivity index (χ0) is 22.7. The molecular formula is C22H16BBrClFN5O. The van der Waals surface area contributed by atoms with Crippen molar-refractivity contribution in [1.82, 2.24) is 9.97 Å². The Bertz CT molecular complexity index is 1320. The summed E-state index contributed by atoms with van der Waals surface area (Å²) < 4.78 is 20.1. The average molecular weight is 512 g/mol. The van der Waals surface area contributed by atoms with Crippen molar-refractivity contribution in [3.05, 3.63) is 76.2 Å². The fraction of sp³-hybridized carbons (Fsp3) is 0.0455. The monoisotopic (exact) mass is 510 g/mol. The number of hydrogen-bond donors (Lipinski definition) is 3. The summed E-state index contributed by atoms with van der Waals surface area (Å²) in [6.45, 7) is 0.113. The normalized spacial score (nSPS) is 10.7. The topological polar surface area (TPSA) is 85.1 Å². The number of nitrogens with two attached hydrogens (primary N) is 1. The Labute approximate surface area is 198 Å². The first-order chi connectivity index (χ1) is 15.4. The summed E-state index contributed by atoms with van der Waals surface area (Å²) in [5, 5.41) is 6.91. The molecule has 0 aliphatic rings. The molecular weight excluding hydrogens is 495 g/mol. The van der Waals surface area contributed by atoms with E-state index in [1.807, 2.05) is 18.2 Å². The second-order valence-corrected chi connectivity index (χ2v) is 8.15. The molecule has 10 heteroatoms. The van der Waals surface area contributed by atoms with Gasteiger partial charge in [-0.3, -0.25) is 0 Å². The van der Waals surface area contributed by atoms with Crippen LogP contribution in [0, 0.1) is 5.82 Å². The van der Waals surface area contributed by atoms with Crippen LogP contribution in [0.5, 0.6) is 5.75 Å². The summed E-state index contributed by atoms with van der Waals surface area (Å²) in [6.07, 6.45) is 1.44. The van der Waals surface area contributed by atoms with Crippen LogP contribution in [0.25, 0.3) is 10.9 Å². The third kappa shape index (κ3) is 5.17. The van der Waals surface area contributed by atoms with E-state index in [0.29, 0.717) is 45.1 Å². The minimum absolute atomic E-state index is 0.0157. The molecule has 1 heterocycles. The first kappa shape index (κ1) is 22.0. The zero-order valence-corrected chi connectivity index (χ0v) is 18.9. The Balaban J connectivity index is 1.50. The third-order valence-electron chi connectivity index (χ3n) is 4.49. The molecule has 4 aromatic rings. The number of ether oxygens (including phenoxy) is 1. The first-order valence-electron chi connectivity index (χ1n) is 9.42. The summed E-state index contributed by atoms with van der Waals surface area (Å²) in [5.41, 5.74) is 8.89. The van der Waals surface area contributed by atoms with Gasteiger partial charge in [0, 0.05) is 0 Å². The van der Waals surface area contributed by atoms with E-state index in [0.717, 1.165) is 4.47 Å². The summed E-state index contributed by atoms with van der Waals surface area (Å²) in [7, 11) is 6.07. The van der Waals surface area contributed by atoms with Crippen molar-refractivity contribution in [2.24, 2.45) is 0 Å². The van der Waals surface area contributed by atoms with Gasteiger partial charge in [-0.1, -0.05) is 0 Å². The van der Waals surface area contributed by atoms with Gasteiger partial charge in [-0.25, -0.2) is 4.39 Å². The molecule has 0 amide bonds. The number of nitrogens with zero attached hydrogens (tertiary/aromatic N) is 2. The van der Waals surface area contributed by atoms with E-state index in [4.69, 9.17) is 29.6 Å². The van der Waals surface area contributed by atoms with Gasteiger partial charge in [0.05, 0.1) is 0 Å². The first-order valence-corrected chi connectivity index (χ1v) is 10.6. The Morgan fingerprint density at radius 2 is 1.97 bits per heavy atom. The summed E-state index contributed by atoms with van der Waals surface area (Å²) >= 11 is 9.27. The molecule has 159 valence electrons. The molecule has 0 aliphatic carbocycles. The molecule has 6 nitrogen and oxygen atoms in total. The predicted molar refractivity (Wildman–Crippen MR) is 133 cm³/mol. The van der Waals surface area contributed by atoms with E-state index in [-0.39, 0.29) is 11.6 Å². The maximum atomic E-state index is 13.4. The standard InChI is InChI=1S/C22H16BBrClFN5O/c23-21(31-20-7-12(24)1-5-18(20)27)10-32-14-3-6-19-15(9-14)22(29-11-28-19)30-13-2-4-17(26)16(25)8-13/h1-9,11,31H,10,27H2,(H,28,29,30). The predicted octanol–water partition coefficient (Wildman–Crippen LogP) is 5.30. The van der Waals surface area contributed by atoms with Gasteiger partial charge in [-0.05, 0) is 0 Å². The van der Waals surface area contributed by atoms with Crippen LogP contribution in [0.2, 0.25) is 5.02 Å². The maximum absolute atomic E-state index is 13.4. The zero-order valence-electron chi connectivity index (χ0n) is 16.6. The van der Waals surface area contributed by atoms with E-state index in [9.17, 15) is 4.39 Å². The quantitative estimate of drug-likeness (QED) is 0.231. The number of aromatic nitrogens is 2. The molecule has 0 fully saturated rings. The molecule has 1 radical (unpaired) electrons. The van der Waals surface area contributed by atoms with Crippen molar-refractivity contribution in [1.29, 1.82) is 0 Å². The number of fused-ring (bicyclic) bond motifs is 1. The van der Waals surface area contributed by atoms with Gasteiger partial charge in [0.2, 0.25) is 0 Å². The molecule has 3 aromatic carbocycles. The third-order valence-corrected chi connectivity index (χ3v) is 5.28. The second kappa shape index (κ2) is 9.54. The van der Waals surface area contributed by atoms with Crippen molar-refractivity contribution < 1.29 is 9.13 Å². The minimum atomic E-state index is -0.493. The Morgan fingerprint density at radius 1 is 1.12 bits per heavy atom. The van der Waals surface area contributed by atoms with Crippen LogP contribution in [0.15, 0.2) is 65.4 Å². The second-order valence-electron chi connectivity index (χ2n) is 6.83. The van der Waals surface area contributed by atoms with Crippen LogP contribution in [0.1, 0.15) is 0 Å². The molecule has 0 atom stereocenters. The van der Waals surface area contributed by atoms with Crippen molar-refractivity contribution in [2.45, 2.75) is 0 Å². The van der Waals surface area contributed by atoms with E-state index in [1.54, 1.807) is 24.3 Å².